The number of unbranched alkanes of at least 4 members (excludes halogenated alkanes) is 5. The lowest BCUT2D eigenvalue weighted by atomic mass is 10.1. The van der Waals surface area contributed by atoms with Crippen LogP contribution in [-0.4, -0.2) is 36.8 Å². The minimum atomic E-state index is -0.279. The number of nitrogens with zero attached hydrogens (tertiary/aromatic N) is 2. The maximum atomic E-state index is 13.2. The summed E-state index contributed by atoms with van der Waals surface area (Å²) in [5.41, 5.74) is 2.47. The van der Waals surface area contributed by atoms with Crippen LogP contribution in [0.2, 0.25) is 0 Å². The number of aryl methyl sites for hydroxylation is 1. The molecule has 3 rings (SSSR count). The molecular weight excluding hydrogens is 430 g/mol. The fraction of sp³-hybridized carbons (Fsp3) is 0.481. The van der Waals surface area contributed by atoms with Gasteiger partial charge >= 0.3 is 0 Å². The lowest BCUT2D eigenvalue weighted by Gasteiger charge is -2.18. The Hall–Kier alpha value is -3.22. The molecule has 3 aromatic rings. The van der Waals surface area contributed by atoms with Crippen LogP contribution in [0.4, 0.5) is 0 Å². The van der Waals surface area contributed by atoms with Gasteiger partial charge < -0.3 is 24.1 Å². The van der Waals surface area contributed by atoms with Crippen molar-refractivity contribution in [2.24, 2.45) is 0 Å². The number of carbonyl (C=O) groups excluding carboxylic acids is 1. The van der Waals surface area contributed by atoms with Gasteiger partial charge in [0.25, 0.3) is 5.91 Å². The van der Waals surface area contributed by atoms with E-state index >= 15 is 0 Å². The summed E-state index contributed by atoms with van der Waals surface area (Å²) in [5.74, 6) is 1.96. The molecule has 0 saturated carbocycles. The molecule has 0 aliphatic heterocycles. The van der Waals surface area contributed by atoms with Crippen molar-refractivity contribution in [3.8, 4) is 17.2 Å². The van der Waals surface area contributed by atoms with E-state index in [2.05, 4.69) is 22.9 Å². The van der Waals surface area contributed by atoms with Crippen LogP contribution in [0, 0.1) is 0 Å². The number of carbonyl (C=O) groups is 1. The summed E-state index contributed by atoms with van der Waals surface area (Å²) in [6.07, 6.45) is 7.37. The van der Waals surface area contributed by atoms with Gasteiger partial charge in [-0.3, -0.25) is 4.79 Å². The second kappa shape index (κ2) is 12.3. The van der Waals surface area contributed by atoms with Crippen molar-refractivity contribution in [3.05, 3.63) is 47.8 Å². The molecule has 0 aliphatic rings. The molecule has 1 aromatic heterocycles. The van der Waals surface area contributed by atoms with Crippen LogP contribution in [-0.2, 0) is 6.54 Å². The Labute approximate surface area is 202 Å². The van der Waals surface area contributed by atoms with E-state index in [-0.39, 0.29) is 11.9 Å². The van der Waals surface area contributed by atoms with E-state index in [1.54, 1.807) is 12.1 Å². The highest BCUT2D eigenvalue weighted by molar-refractivity contribution is 5.96. The largest absolute Gasteiger partial charge is 0.493 e. The lowest BCUT2D eigenvalue weighted by Crippen LogP contribution is -2.29. The van der Waals surface area contributed by atoms with Crippen LogP contribution in [0.5, 0.6) is 17.2 Å². The number of rotatable bonds is 13. The van der Waals surface area contributed by atoms with E-state index in [1.165, 1.54) is 53.4 Å². The van der Waals surface area contributed by atoms with Gasteiger partial charge in [-0.2, -0.15) is 0 Å². The number of fused-ring (bicyclic) bond motifs is 1. The Morgan fingerprint density at radius 3 is 2.26 bits per heavy atom. The van der Waals surface area contributed by atoms with Gasteiger partial charge in [0.05, 0.1) is 38.4 Å². The van der Waals surface area contributed by atoms with E-state index in [0.29, 0.717) is 22.8 Å². The molecule has 1 unspecified atom stereocenters. The molecule has 1 atom stereocenters. The fourth-order valence-corrected chi connectivity index (χ4v) is 4.27. The summed E-state index contributed by atoms with van der Waals surface area (Å²) in [6, 6.07) is 11.2. The van der Waals surface area contributed by atoms with Crippen molar-refractivity contribution in [1.29, 1.82) is 0 Å². The quantitative estimate of drug-likeness (QED) is 0.316. The second-order valence-electron chi connectivity index (χ2n) is 8.49. The van der Waals surface area contributed by atoms with Gasteiger partial charge in [-0.25, -0.2) is 4.98 Å². The molecule has 7 nitrogen and oxygen atoms in total. The molecule has 0 spiro atoms. The van der Waals surface area contributed by atoms with Gasteiger partial charge in [-0.15, -0.1) is 0 Å². The van der Waals surface area contributed by atoms with E-state index in [9.17, 15) is 4.79 Å². The molecule has 7 heteroatoms. The number of ether oxygens (including phenoxy) is 3. The zero-order valence-electron chi connectivity index (χ0n) is 21.0. The average Bonchev–Trinajstić information content (AvgIpc) is 3.23. The highest BCUT2D eigenvalue weighted by atomic mass is 16.5. The van der Waals surface area contributed by atoms with E-state index < -0.39 is 0 Å². The SMILES string of the molecule is CCCCCCCCn1c(C(C)NC(=O)c2cc(OC)c(OC)c(OC)c2)nc2ccccc21. The molecule has 0 aliphatic carbocycles. The van der Waals surface area contributed by atoms with Gasteiger partial charge in [0.15, 0.2) is 11.5 Å². The molecule has 34 heavy (non-hydrogen) atoms. The van der Waals surface area contributed by atoms with Gasteiger partial charge in [0.2, 0.25) is 5.75 Å². The zero-order chi connectivity index (χ0) is 24.5. The van der Waals surface area contributed by atoms with Gasteiger partial charge in [-0.05, 0) is 37.6 Å². The normalized spacial score (nSPS) is 11.9. The first-order valence-corrected chi connectivity index (χ1v) is 12.1. The number of para-hydroxylation sites is 2. The number of aromatic nitrogens is 2. The summed E-state index contributed by atoms with van der Waals surface area (Å²) in [5, 5.41) is 3.10. The standard InChI is InChI=1S/C27H37N3O4/c1-6-7-8-9-10-13-16-30-22-15-12-11-14-21(22)29-26(30)19(2)28-27(31)20-17-23(32-3)25(34-5)24(18-20)33-4/h11-12,14-15,17-19H,6-10,13,16H2,1-5H3,(H,28,31). The highest BCUT2D eigenvalue weighted by Gasteiger charge is 2.21. The number of benzene rings is 2. The molecule has 0 fully saturated rings. The van der Waals surface area contributed by atoms with E-state index in [1.807, 2.05) is 25.1 Å². The van der Waals surface area contributed by atoms with Crippen molar-refractivity contribution in [1.82, 2.24) is 14.9 Å². The van der Waals surface area contributed by atoms with Gasteiger partial charge in [0, 0.05) is 12.1 Å². The molecule has 1 N–H and O–H groups in total. The van der Waals surface area contributed by atoms with Crippen LogP contribution in [0.15, 0.2) is 36.4 Å². The Morgan fingerprint density at radius 2 is 1.62 bits per heavy atom. The van der Waals surface area contributed by atoms with Crippen molar-refractivity contribution >= 4 is 16.9 Å². The Balaban J connectivity index is 1.80. The topological polar surface area (TPSA) is 74.6 Å². The number of hydrogen-bond acceptors (Lipinski definition) is 5. The molecule has 1 amide bonds. The van der Waals surface area contributed by atoms with Crippen LogP contribution < -0.4 is 19.5 Å². The molecule has 2 aromatic carbocycles. The van der Waals surface area contributed by atoms with Crippen LogP contribution in [0.1, 0.15) is 74.6 Å². The average molecular weight is 468 g/mol. The minimum Gasteiger partial charge on any atom is -0.493 e. The first-order valence-electron chi connectivity index (χ1n) is 12.1. The predicted octanol–water partition coefficient (Wildman–Crippen LogP) is 5.91. The maximum absolute atomic E-state index is 13.2. The fourth-order valence-electron chi connectivity index (χ4n) is 4.27. The molecule has 0 saturated heterocycles. The first kappa shape index (κ1) is 25.4. The van der Waals surface area contributed by atoms with Crippen molar-refractivity contribution in [2.45, 2.75) is 65.0 Å². The Kier molecular flexibility index (Phi) is 9.19. The summed E-state index contributed by atoms with van der Waals surface area (Å²) in [4.78, 5) is 18.0. The molecular formula is C27H37N3O4. The first-order chi connectivity index (χ1) is 16.5. The third-order valence-corrected chi connectivity index (χ3v) is 6.08. The summed E-state index contributed by atoms with van der Waals surface area (Å²) < 4.78 is 18.4. The third kappa shape index (κ3) is 5.82. The maximum Gasteiger partial charge on any atom is 0.252 e. The summed E-state index contributed by atoms with van der Waals surface area (Å²) >= 11 is 0. The van der Waals surface area contributed by atoms with Crippen LogP contribution >= 0.6 is 0 Å². The van der Waals surface area contributed by atoms with E-state index in [4.69, 9.17) is 19.2 Å². The van der Waals surface area contributed by atoms with Crippen molar-refractivity contribution in [3.63, 3.8) is 0 Å². The van der Waals surface area contributed by atoms with Crippen LogP contribution in [0.3, 0.4) is 0 Å². The second-order valence-corrected chi connectivity index (χ2v) is 8.49. The number of methoxy groups -OCH3 is 3. The molecule has 0 radical (unpaired) electrons. The Morgan fingerprint density at radius 1 is 0.971 bits per heavy atom. The minimum absolute atomic E-state index is 0.232. The number of amides is 1. The third-order valence-electron chi connectivity index (χ3n) is 6.08. The monoisotopic (exact) mass is 467 g/mol. The molecule has 184 valence electrons. The number of nitrogens with one attached hydrogen (secondary N) is 1. The molecule has 0 bridgehead atoms. The summed E-state index contributed by atoms with van der Waals surface area (Å²) in [6.45, 7) is 5.08. The van der Waals surface area contributed by atoms with Gasteiger partial charge in [0.1, 0.15) is 5.82 Å². The Bertz CT molecular complexity index is 1070. The summed E-state index contributed by atoms with van der Waals surface area (Å²) in [7, 11) is 4.61. The van der Waals surface area contributed by atoms with Crippen molar-refractivity contribution < 1.29 is 19.0 Å². The zero-order valence-corrected chi connectivity index (χ0v) is 21.0. The lowest BCUT2D eigenvalue weighted by molar-refractivity contribution is 0.0936. The van der Waals surface area contributed by atoms with Crippen LogP contribution in [0.25, 0.3) is 11.0 Å². The van der Waals surface area contributed by atoms with E-state index in [0.717, 1.165) is 29.8 Å². The predicted molar refractivity (Wildman–Crippen MR) is 135 cm³/mol. The van der Waals surface area contributed by atoms with Crippen molar-refractivity contribution in [2.75, 3.05) is 21.3 Å². The molecule has 1 heterocycles. The number of hydrogen-bond donors (Lipinski definition) is 1. The van der Waals surface area contributed by atoms with Gasteiger partial charge in [-0.1, -0.05) is 51.2 Å². The number of imidazole rings is 1. The smallest absolute Gasteiger partial charge is 0.252 e. The highest BCUT2D eigenvalue weighted by Crippen LogP contribution is 2.38.